The van der Waals surface area contributed by atoms with Gasteiger partial charge in [0.1, 0.15) is 5.82 Å². The van der Waals surface area contributed by atoms with Gasteiger partial charge in [-0.3, -0.25) is 4.98 Å². The second-order valence-electron chi connectivity index (χ2n) is 4.08. The molecular weight excluding hydrogens is 236 g/mol. The van der Waals surface area contributed by atoms with Gasteiger partial charge in [-0.05, 0) is 12.1 Å². The molecule has 2 aromatic heterocycles. The number of anilines is 1. The van der Waals surface area contributed by atoms with E-state index >= 15 is 0 Å². The SMILES string of the molecule is Nc1cc(-c2ccccn2)nc(-c2ccccc2)n1. The average molecular weight is 248 g/mol. The van der Waals surface area contributed by atoms with Crippen LogP contribution in [0.2, 0.25) is 0 Å². The molecule has 0 radical (unpaired) electrons. The molecule has 92 valence electrons. The Kier molecular flexibility index (Phi) is 2.90. The van der Waals surface area contributed by atoms with Gasteiger partial charge < -0.3 is 5.73 Å². The van der Waals surface area contributed by atoms with Gasteiger partial charge in [-0.2, -0.15) is 0 Å². The molecule has 4 nitrogen and oxygen atoms in total. The fourth-order valence-electron chi connectivity index (χ4n) is 1.83. The zero-order chi connectivity index (χ0) is 13.1. The normalized spacial score (nSPS) is 10.3. The minimum atomic E-state index is 0.439. The van der Waals surface area contributed by atoms with Gasteiger partial charge in [0.15, 0.2) is 5.82 Å². The Labute approximate surface area is 111 Å². The Hall–Kier alpha value is -2.75. The van der Waals surface area contributed by atoms with Crippen LogP contribution in [-0.4, -0.2) is 15.0 Å². The molecule has 0 aliphatic carbocycles. The summed E-state index contributed by atoms with van der Waals surface area (Å²) in [5.41, 5.74) is 8.31. The van der Waals surface area contributed by atoms with E-state index < -0.39 is 0 Å². The van der Waals surface area contributed by atoms with Crippen molar-refractivity contribution in [2.45, 2.75) is 0 Å². The molecule has 1 aromatic carbocycles. The second-order valence-corrected chi connectivity index (χ2v) is 4.08. The first-order chi connectivity index (χ1) is 9.33. The van der Waals surface area contributed by atoms with E-state index in [0.717, 1.165) is 17.0 Å². The van der Waals surface area contributed by atoms with Gasteiger partial charge in [-0.1, -0.05) is 36.4 Å². The van der Waals surface area contributed by atoms with Crippen molar-refractivity contribution in [3.05, 3.63) is 60.8 Å². The molecule has 19 heavy (non-hydrogen) atoms. The zero-order valence-electron chi connectivity index (χ0n) is 10.2. The van der Waals surface area contributed by atoms with Gasteiger partial charge in [-0.15, -0.1) is 0 Å². The number of nitrogens with zero attached hydrogens (tertiary/aromatic N) is 3. The van der Waals surface area contributed by atoms with Crippen molar-refractivity contribution in [2.75, 3.05) is 5.73 Å². The highest BCUT2D eigenvalue weighted by atomic mass is 15.0. The highest BCUT2D eigenvalue weighted by molar-refractivity contribution is 5.64. The molecule has 0 spiro atoms. The van der Waals surface area contributed by atoms with Crippen LogP contribution in [-0.2, 0) is 0 Å². The summed E-state index contributed by atoms with van der Waals surface area (Å²) >= 11 is 0. The molecule has 3 aromatic rings. The predicted molar refractivity (Wildman–Crippen MR) is 75.1 cm³/mol. The number of nitrogen functional groups attached to an aromatic ring is 1. The molecule has 0 atom stereocenters. The minimum absolute atomic E-state index is 0.439. The monoisotopic (exact) mass is 248 g/mol. The van der Waals surface area contributed by atoms with Crippen LogP contribution in [0.15, 0.2) is 60.8 Å². The standard InChI is InChI=1S/C15H12N4/c16-14-10-13(12-8-4-5-9-17-12)18-15(19-14)11-6-2-1-3-7-11/h1-10H,(H2,16,18,19). The Bertz CT molecular complexity index is 623. The van der Waals surface area contributed by atoms with Gasteiger partial charge in [0.25, 0.3) is 0 Å². The molecule has 0 aliphatic heterocycles. The van der Waals surface area contributed by atoms with E-state index in [2.05, 4.69) is 15.0 Å². The molecule has 0 aliphatic rings. The number of hydrogen-bond acceptors (Lipinski definition) is 4. The third-order valence-corrected chi connectivity index (χ3v) is 2.71. The number of nitrogens with two attached hydrogens (primary N) is 1. The maximum Gasteiger partial charge on any atom is 0.162 e. The lowest BCUT2D eigenvalue weighted by molar-refractivity contribution is 1.17. The Morgan fingerprint density at radius 2 is 1.58 bits per heavy atom. The van der Waals surface area contributed by atoms with Gasteiger partial charge in [0, 0.05) is 17.8 Å². The van der Waals surface area contributed by atoms with Crippen molar-refractivity contribution in [3.8, 4) is 22.8 Å². The van der Waals surface area contributed by atoms with Crippen molar-refractivity contribution >= 4 is 5.82 Å². The molecule has 4 heteroatoms. The molecular formula is C15H12N4. The topological polar surface area (TPSA) is 64.7 Å². The lowest BCUT2D eigenvalue weighted by Gasteiger charge is -2.05. The van der Waals surface area contributed by atoms with E-state index in [0.29, 0.717) is 11.6 Å². The van der Waals surface area contributed by atoms with Crippen molar-refractivity contribution in [1.82, 2.24) is 15.0 Å². The molecule has 3 rings (SSSR count). The maximum atomic E-state index is 5.86. The van der Waals surface area contributed by atoms with Crippen LogP contribution in [0.1, 0.15) is 0 Å². The summed E-state index contributed by atoms with van der Waals surface area (Å²) in [7, 11) is 0. The first kappa shape index (κ1) is 11.3. The van der Waals surface area contributed by atoms with Crippen LogP contribution in [0.3, 0.4) is 0 Å². The summed E-state index contributed by atoms with van der Waals surface area (Å²) in [6.07, 6.45) is 1.73. The molecule has 0 unspecified atom stereocenters. The summed E-state index contributed by atoms with van der Waals surface area (Å²) < 4.78 is 0. The molecule has 0 bridgehead atoms. The number of hydrogen-bond donors (Lipinski definition) is 1. The summed E-state index contributed by atoms with van der Waals surface area (Å²) in [5, 5.41) is 0. The van der Waals surface area contributed by atoms with Gasteiger partial charge in [0.2, 0.25) is 0 Å². The van der Waals surface area contributed by atoms with E-state index in [9.17, 15) is 0 Å². The van der Waals surface area contributed by atoms with Crippen LogP contribution in [0, 0.1) is 0 Å². The van der Waals surface area contributed by atoms with Gasteiger partial charge in [-0.25, -0.2) is 9.97 Å². The summed E-state index contributed by atoms with van der Waals surface area (Å²) in [6, 6.07) is 17.2. The predicted octanol–water partition coefficient (Wildman–Crippen LogP) is 2.79. The molecule has 0 saturated heterocycles. The zero-order valence-corrected chi connectivity index (χ0v) is 10.2. The summed E-state index contributed by atoms with van der Waals surface area (Å²) in [4.78, 5) is 13.1. The van der Waals surface area contributed by atoms with Crippen LogP contribution in [0.4, 0.5) is 5.82 Å². The summed E-state index contributed by atoms with van der Waals surface area (Å²) in [6.45, 7) is 0. The Balaban J connectivity index is 2.12. The van der Waals surface area contributed by atoms with Crippen molar-refractivity contribution < 1.29 is 0 Å². The minimum Gasteiger partial charge on any atom is -0.384 e. The summed E-state index contributed by atoms with van der Waals surface area (Å²) in [5.74, 6) is 1.05. The number of rotatable bonds is 2. The Morgan fingerprint density at radius 3 is 2.32 bits per heavy atom. The van der Waals surface area contributed by atoms with E-state index in [1.807, 2.05) is 48.5 Å². The van der Waals surface area contributed by atoms with E-state index in [1.54, 1.807) is 12.3 Å². The molecule has 2 heterocycles. The molecule has 2 N–H and O–H groups in total. The van der Waals surface area contributed by atoms with E-state index in [-0.39, 0.29) is 0 Å². The second kappa shape index (κ2) is 4.86. The fourth-order valence-corrected chi connectivity index (χ4v) is 1.83. The van der Waals surface area contributed by atoms with Crippen molar-refractivity contribution in [2.24, 2.45) is 0 Å². The van der Waals surface area contributed by atoms with E-state index in [1.165, 1.54) is 0 Å². The third kappa shape index (κ3) is 2.42. The lowest BCUT2D eigenvalue weighted by atomic mass is 10.2. The maximum absolute atomic E-state index is 5.86. The quantitative estimate of drug-likeness (QED) is 0.757. The first-order valence-electron chi connectivity index (χ1n) is 5.94. The van der Waals surface area contributed by atoms with Crippen LogP contribution in [0.5, 0.6) is 0 Å². The lowest BCUT2D eigenvalue weighted by Crippen LogP contribution is -1.98. The highest BCUT2D eigenvalue weighted by Gasteiger charge is 2.07. The van der Waals surface area contributed by atoms with Crippen molar-refractivity contribution in [1.29, 1.82) is 0 Å². The fraction of sp³-hybridized carbons (Fsp3) is 0. The smallest absolute Gasteiger partial charge is 0.162 e. The van der Waals surface area contributed by atoms with Crippen LogP contribution < -0.4 is 5.73 Å². The van der Waals surface area contributed by atoms with Crippen LogP contribution >= 0.6 is 0 Å². The van der Waals surface area contributed by atoms with Gasteiger partial charge >= 0.3 is 0 Å². The average Bonchev–Trinajstić information content (AvgIpc) is 2.48. The molecule has 0 fully saturated rings. The highest BCUT2D eigenvalue weighted by Crippen LogP contribution is 2.21. The number of benzene rings is 1. The molecule has 0 saturated carbocycles. The first-order valence-corrected chi connectivity index (χ1v) is 5.94. The largest absolute Gasteiger partial charge is 0.384 e. The number of aromatic nitrogens is 3. The Morgan fingerprint density at radius 1 is 0.789 bits per heavy atom. The van der Waals surface area contributed by atoms with Crippen LogP contribution in [0.25, 0.3) is 22.8 Å². The molecule has 0 amide bonds. The third-order valence-electron chi connectivity index (χ3n) is 2.71. The number of pyridine rings is 1. The van der Waals surface area contributed by atoms with Crippen molar-refractivity contribution in [3.63, 3.8) is 0 Å². The van der Waals surface area contributed by atoms with Gasteiger partial charge in [0.05, 0.1) is 11.4 Å². The van der Waals surface area contributed by atoms with E-state index in [4.69, 9.17) is 5.73 Å².